The Kier molecular flexibility index (Phi) is 5.21. The standard InChI is InChI=1S/C22H18F2N4/c23-18-6-4-16(5-7-18)22-21(14-27-28-22)17-8-9-26-20(11-17)13-25-12-15-2-1-3-19(24)10-15/h1-11,14,25H,12-13H2,(H,27,28). The molecule has 28 heavy (non-hydrogen) atoms. The van der Waals surface area contributed by atoms with Crippen LogP contribution in [0.5, 0.6) is 0 Å². The van der Waals surface area contributed by atoms with Crippen LogP contribution in [0.25, 0.3) is 22.4 Å². The maximum Gasteiger partial charge on any atom is 0.123 e. The van der Waals surface area contributed by atoms with Gasteiger partial charge in [-0.15, -0.1) is 0 Å². The van der Waals surface area contributed by atoms with Crippen LogP contribution in [0.2, 0.25) is 0 Å². The van der Waals surface area contributed by atoms with Gasteiger partial charge in [0.25, 0.3) is 0 Å². The van der Waals surface area contributed by atoms with Crippen molar-refractivity contribution in [2.45, 2.75) is 13.1 Å². The highest BCUT2D eigenvalue weighted by Crippen LogP contribution is 2.30. The second kappa shape index (κ2) is 8.10. The summed E-state index contributed by atoms with van der Waals surface area (Å²) in [6, 6.07) is 16.7. The second-order valence-corrected chi connectivity index (χ2v) is 6.43. The van der Waals surface area contributed by atoms with Gasteiger partial charge in [-0.1, -0.05) is 12.1 Å². The van der Waals surface area contributed by atoms with E-state index in [1.165, 1.54) is 24.3 Å². The Hall–Kier alpha value is -3.38. The van der Waals surface area contributed by atoms with Gasteiger partial charge in [0.15, 0.2) is 0 Å². The van der Waals surface area contributed by atoms with Crippen LogP contribution in [-0.2, 0) is 13.1 Å². The van der Waals surface area contributed by atoms with Gasteiger partial charge in [-0.2, -0.15) is 5.10 Å². The first-order valence-corrected chi connectivity index (χ1v) is 8.89. The summed E-state index contributed by atoms with van der Waals surface area (Å²) < 4.78 is 26.5. The summed E-state index contributed by atoms with van der Waals surface area (Å²) in [6.07, 6.45) is 3.49. The van der Waals surface area contributed by atoms with Gasteiger partial charge in [0.1, 0.15) is 11.6 Å². The summed E-state index contributed by atoms with van der Waals surface area (Å²) in [4.78, 5) is 4.40. The molecule has 140 valence electrons. The van der Waals surface area contributed by atoms with Crippen molar-refractivity contribution in [3.63, 3.8) is 0 Å². The van der Waals surface area contributed by atoms with E-state index in [0.717, 1.165) is 33.6 Å². The van der Waals surface area contributed by atoms with Crippen molar-refractivity contribution >= 4 is 0 Å². The Labute approximate surface area is 161 Å². The molecule has 0 aliphatic rings. The van der Waals surface area contributed by atoms with Crippen LogP contribution in [0.15, 0.2) is 73.1 Å². The number of rotatable bonds is 6. The van der Waals surface area contributed by atoms with Crippen LogP contribution in [0.3, 0.4) is 0 Å². The van der Waals surface area contributed by atoms with Gasteiger partial charge in [0, 0.05) is 30.4 Å². The van der Waals surface area contributed by atoms with E-state index in [9.17, 15) is 8.78 Å². The molecule has 2 aromatic heterocycles. The first-order valence-electron chi connectivity index (χ1n) is 8.89. The van der Waals surface area contributed by atoms with Crippen LogP contribution < -0.4 is 5.32 Å². The average Bonchev–Trinajstić information content (AvgIpc) is 3.19. The first kappa shape index (κ1) is 18.0. The van der Waals surface area contributed by atoms with Crippen LogP contribution in [0.1, 0.15) is 11.3 Å². The summed E-state index contributed by atoms with van der Waals surface area (Å²) in [5, 5.41) is 10.4. The second-order valence-electron chi connectivity index (χ2n) is 6.43. The van der Waals surface area contributed by atoms with Gasteiger partial charge in [0.05, 0.1) is 17.6 Å². The molecule has 0 spiro atoms. The van der Waals surface area contributed by atoms with Crippen LogP contribution >= 0.6 is 0 Å². The third kappa shape index (κ3) is 4.13. The van der Waals surface area contributed by atoms with Crippen molar-refractivity contribution in [2.75, 3.05) is 0 Å². The summed E-state index contributed by atoms with van der Waals surface area (Å²) in [6.45, 7) is 1.10. The van der Waals surface area contributed by atoms with Crippen LogP contribution in [-0.4, -0.2) is 15.2 Å². The molecule has 2 N–H and O–H groups in total. The lowest BCUT2D eigenvalue weighted by atomic mass is 10.0. The molecule has 0 radical (unpaired) electrons. The van der Waals surface area contributed by atoms with E-state index in [4.69, 9.17) is 0 Å². The SMILES string of the molecule is Fc1ccc(-c2[nH]ncc2-c2ccnc(CNCc3cccc(F)c3)c2)cc1. The highest BCUT2D eigenvalue weighted by atomic mass is 19.1. The monoisotopic (exact) mass is 376 g/mol. The average molecular weight is 376 g/mol. The number of aromatic amines is 1. The van der Waals surface area contributed by atoms with E-state index in [0.29, 0.717) is 13.1 Å². The van der Waals surface area contributed by atoms with E-state index in [1.807, 2.05) is 18.2 Å². The molecule has 0 saturated carbocycles. The minimum absolute atomic E-state index is 0.243. The molecule has 4 nitrogen and oxygen atoms in total. The van der Waals surface area contributed by atoms with Crippen LogP contribution in [0.4, 0.5) is 8.78 Å². The van der Waals surface area contributed by atoms with E-state index >= 15 is 0 Å². The van der Waals surface area contributed by atoms with E-state index in [1.54, 1.807) is 30.6 Å². The summed E-state index contributed by atoms with van der Waals surface area (Å²) in [5.41, 5.74) is 5.30. The Morgan fingerprint density at radius 2 is 1.71 bits per heavy atom. The fourth-order valence-corrected chi connectivity index (χ4v) is 3.07. The summed E-state index contributed by atoms with van der Waals surface area (Å²) in [5.74, 6) is -0.520. The van der Waals surface area contributed by atoms with Crippen molar-refractivity contribution < 1.29 is 8.78 Å². The molecule has 4 aromatic rings. The zero-order valence-electron chi connectivity index (χ0n) is 15.0. The van der Waals surface area contributed by atoms with E-state index in [-0.39, 0.29) is 11.6 Å². The largest absolute Gasteiger partial charge is 0.307 e. The van der Waals surface area contributed by atoms with Crippen molar-refractivity contribution in [3.05, 3.63) is 95.9 Å². The molecule has 6 heteroatoms. The fourth-order valence-electron chi connectivity index (χ4n) is 3.07. The van der Waals surface area contributed by atoms with Crippen LogP contribution in [0, 0.1) is 11.6 Å². The number of hydrogen-bond donors (Lipinski definition) is 2. The number of pyridine rings is 1. The molecule has 0 fully saturated rings. The van der Waals surface area contributed by atoms with Crippen molar-refractivity contribution in [2.24, 2.45) is 0 Å². The topological polar surface area (TPSA) is 53.6 Å². The predicted octanol–water partition coefficient (Wildman–Crippen LogP) is 4.71. The number of nitrogens with zero attached hydrogens (tertiary/aromatic N) is 2. The number of benzene rings is 2. The summed E-state index contributed by atoms with van der Waals surface area (Å²) in [7, 11) is 0. The van der Waals surface area contributed by atoms with Gasteiger partial charge in [-0.25, -0.2) is 8.78 Å². The number of H-pyrrole nitrogens is 1. The smallest absolute Gasteiger partial charge is 0.123 e. The molecule has 0 amide bonds. The maximum absolute atomic E-state index is 13.3. The van der Waals surface area contributed by atoms with E-state index in [2.05, 4.69) is 20.5 Å². The number of aromatic nitrogens is 3. The lowest BCUT2D eigenvalue weighted by molar-refractivity contribution is 0.619. The molecule has 0 unspecified atom stereocenters. The van der Waals surface area contributed by atoms with Gasteiger partial charge in [-0.05, 0) is 59.7 Å². The minimum Gasteiger partial charge on any atom is -0.307 e. The zero-order valence-corrected chi connectivity index (χ0v) is 15.0. The quantitative estimate of drug-likeness (QED) is 0.513. The number of halogens is 2. The normalized spacial score (nSPS) is 10.9. The van der Waals surface area contributed by atoms with Gasteiger partial charge >= 0.3 is 0 Å². The third-order valence-corrected chi connectivity index (χ3v) is 4.42. The molecule has 2 heterocycles. The molecule has 0 aliphatic carbocycles. The molecule has 0 saturated heterocycles. The Morgan fingerprint density at radius 3 is 2.54 bits per heavy atom. The number of hydrogen-bond acceptors (Lipinski definition) is 3. The lowest BCUT2D eigenvalue weighted by Crippen LogP contribution is -2.13. The highest BCUT2D eigenvalue weighted by molar-refractivity contribution is 5.80. The molecule has 2 aromatic carbocycles. The van der Waals surface area contributed by atoms with Gasteiger partial charge in [-0.3, -0.25) is 10.1 Å². The molecule has 0 atom stereocenters. The van der Waals surface area contributed by atoms with Gasteiger partial charge in [0.2, 0.25) is 0 Å². The Balaban J connectivity index is 1.50. The minimum atomic E-state index is -0.277. The van der Waals surface area contributed by atoms with Gasteiger partial charge < -0.3 is 5.32 Å². The molecule has 4 rings (SSSR count). The Morgan fingerprint density at radius 1 is 0.857 bits per heavy atom. The molecule has 0 bridgehead atoms. The fraction of sp³-hybridized carbons (Fsp3) is 0.0909. The number of nitrogens with one attached hydrogen (secondary N) is 2. The zero-order chi connectivity index (χ0) is 19.3. The molecular formula is C22H18F2N4. The third-order valence-electron chi connectivity index (χ3n) is 4.42. The van der Waals surface area contributed by atoms with Crippen molar-refractivity contribution in [3.8, 4) is 22.4 Å². The van der Waals surface area contributed by atoms with E-state index < -0.39 is 0 Å². The van der Waals surface area contributed by atoms with Crippen molar-refractivity contribution in [1.29, 1.82) is 0 Å². The molecule has 0 aliphatic heterocycles. The molecular weight excluding hydrogens is 358 g/mol. The maximum atomic E-state index is 13.3. The lowest BCUT2D eigenvalue weighted by Gasteiger charge is -2.08. The van der Waals surface area contributed by atoms with Crippen molar-refractivity contribution in [1.82, 2.24) is 20.5 Å². The highest BCUT2D eigenvalue weighted by Gasteiger charge is 2.11. The predicted molar refractivity (Wildman–Crippen MR) is 104 cm³/mol. The first-order chi connectivity index (χ1) is 13.7. The summed E-state index contributed by atoms with van der Waals surface area (Å²) >= 11 is 0. The Bertz CT molecular complexity index is 1070.